The molecule has 0 aromatic rings. The zero-order chi connectivity index (χ0) is 16.3. The van der Waals surface area contributed by atoms with Gasteiger partial charge in [0.2, 0.25) is 0 Å². The highest BCUT2D eigenvalue weighted by Crippen LogP contribution is 2.12. The molecule has 132 valence electrons. The molecule has 0 saturated carbocycles. The molecule has 0 aliphatic heterocycles. The fourth-order valence-corrected chi connectivity index (χ4v) is 2.83. The van der Waals surface area contributed by atoms with Gasteiger partial charge in [0, 0.05) is 6.61 Å². The number of unbranched alkanes of at least 4 members (excludes halogenated alkanes) is 10. The normalized spacial score (nSPS) is 13.0. The van der Waals surface area contributed by atoms with Gasteiger partial charge in [0.1, 0.15) is 0 Å². The number of hydrogen-bond donors (Lipinski definition) is 0. The molecule has 22 heavy (non-hydrogen) atoms. The molecule has 0 N–H and O–H groups in total. The lowest BCUT2D eigenvalue weighted by Crippen LogP contribution is -2.08. The lowest BCUT2D eigenvalue weighted by atomic mass is 10.1. The third-order valence-corrected chi connectivity index (χ3v) is 4.38. The molecule has 1 nitrogen and oxygen atoms in total. The second kappa shape index (κ2) is 19.0. The highest BCUT2D eigenvalue weighted by molar-refractivity contribution is 6.20. The molecule has 1 unspecified atom stereocenters. The van der Waals surface area contributed by atoms with E-state index in [0.29, 0.717) is 6.61 Å². The van der Waals surface area contributed by atoms with E-state index in [4.69, 9.17) is 16.3 Å². The molecule has 0 aromatic heterocycles. The van der Waals surface area contributed by atoms with Crippen molar-refractivity contribution in [2.75, 3.05) is 13.2 Å². The SMILES string of the molecule is CCCCCCCC/C=C/CCCCCCC(Cl)COCC. The van der Waals surface area contributed by atoms with E-state index in [1.807, 2.05) is 6.92 Å². The van der Waals surface area contributed by atoms with Crippen LogP contribution < -0.4 is 0 Å². The molecule has 2 heteroatoms. The van der Waals surface area contributed by atoms with Gasteiger partial charge in [-0.3, -0.25) is 0 Å². The summed E-state index contributed by atoms with van der Waals surface area (Å²) in [6, 6.07) is 0. The topological polar surface area (TPSA) is 9.23 Å². The van der Waals surface area contributed by atoms with Gasteiger partial charge in [0.25, 0.3) is 0 Å². The summed E-state index contributed by atoms with van der Waals surface area (Å²) in [6.07, 6.45) is 22.0. The second-order valence-electron chi connectivity index (χ2n) is 6.28. The minimum Gasteiger partial charge on any atom is -0.380 e. The van der Waals surface area contributed by atoms with Gasteiger partial charge in [0.05, 0.1) is 12.0 Å². The lowest BCUT2D eigenvalue weighted by Gasteiger charge is -2.08. The molecular formula is C20H39ClO. The van der Waals surface area contributed by atoms with E-state index in [-0.39, 0.29) is 5.38 Å². The smallest absolute Gasteiger partial charge is 0.0629 e. The van der Waals surface area contributed by atoms with E-state index in [1.165, 1.54) is 77.0 Å². The Balaban J connectivity index is 3.14. The molecule has 0 aliphatic carbocycles. The summed E-state index contributed by atoms with van der Waals surface area (Å²) >= 11 is 6.17. The summed E-state index contributed by atoms with van der Waals surface area (Å²) < 4.78 is 5.32. The zero-order valence-electron chi connectivity index (χ0n) is 15.1. The number of hydrogen-bond acceptors (Lipinski definition) is 1. The molecule has 0 rings (SSSR count). The Bertz CT molecular complexity index is 228. The first-order chi connectivity index (χ1) is 10.8. The highest BCUT2D eigenvalue weighted by atomic mass is 35.5. The Morgan fingerprint density at radius 1 is 0.773 bits per heavy atom. The maximum absolute atomic E-state index is 6.17. The first-order valence-corrected chi connectivity index (χ1v) is 10.1. The van der Waals surface area contributed by atoms with E-state index in [9.17, 15) is 0 Å². The van der Waals surface area contributed by atoms with Crippen LogP contribution in [0.4, 0.5) is 0 Å². The fourth-order valence-electron chi connectivity index (χ4n) is 2.59. The van der Waals surface area contributed by atoms with Crippen molar-refractivity contribution in [3.63, 3.8) is 0 Å². The average Bonchev–Trinajstić information content (AvgIpc) is 2.53. The van der Waals surface area contributed by atoms with Crippen molar-refractivity contribution in [2.45, 2.75) is 103 Å². The van der Waals surface area contributed by atoms with Crippen LogP contribution in [-0.2, 0) is 4.74 Å². The quantitative estimate of drug-likeness (QED) is 0.155. The van der Waals surface area contributed by atoms with Crippen molar-refractivity contribution in [3.8, 4) is 0 Å². The minimum atomic E-state index is 0.206. The first-order valence-electron chi connectivity index (χ1n) is 9.68. The molecular weight excluding hydrogens is 292 g/mol. The third kappa shape index (κ3) is 18.0. The molecule has 0 spiro atoms. The van der Waals surface area contributed by atoms with Crippen molar-refractivity contribution >= 4 is 11.6 Å². The molecule has 0 aliphatic rings. The Labute approximate surface area is 144 Å². The van der Waals surface area contributed by atoms with Gasteiger partial charge in [-0.2, -0.15) is 0 Å². The predicted octanol–water partition coefficient (Wildman–Crippen LogP) is 7.28. The Morgan fingerprint density at radius 2 is 1.32 bits per heavy atom. The number of halogens is 1. The molecule has 0 amide bonds. The number of ether oxygens (including phenoxy) is 1. The van der Waals surface area contributed by atoms with E-state index in [2.05, 4.69) is 19.1 Å². The van der Waals surface area contributed by atoms with Gasteiger partial charge >= 0.3 is 0 Å². The van der Waals surface area contributed by atoms with Crippen LogP contribution in [0.25, 0.3) is 0 Å². The van der Waals surface area contributed by atoms with E-state index >= 15 is 0 Å². The maximum atomic E-state index is 6.17. The van der Waals surface area contributed by atoms with E-state index in [0.717, 1.165) is 13.0 Å². The number of rotatable bonds is 17. The van der Waals surface area contributed by atoms with Crippen LogP contribution in [0.5, 0.6) is 0 Å². The molecule has 1 atom stereocenters. The van der Waals surface area contributed by atoms with Crippen LogP contribution in [-0.4, -0.2) is 18.6 Å². The van der Waals surface area contributed by atoms with Crippen molar-refractivity contribution in [2.24, 2.45) is 0 Å². The summed E-state index contributed by atoms with van der Waals surface area (Å²) in [6.45, 7) is 5.77. The molecule has 0 bridgehead atoms. The molecule has 0 saturated heterocycles. The summed E-state index contributed by atoms with van der Waals surface area (Å²) in [4.78, 5) is 0. The van der Waals surface area contributed by atoms with Crippen LogP contribution in [0.2, 0.25) is 0 Å². The predicted molar refractivity (Wildman–Crippen MR) is 101 cm³/mol. The zero-order valence-corrected chi connectivity index (χ0v) is 15.9. The molecule has 0 fully saturated rings. The van der Waals surface area contributed by atoms with Crippen molar-refractivity contribution in [3.05, 3.63) is 12.2 Å². The van der Waals surface area contributed by atoms with Gasteiger partial charge in [-0.25, -0.2) is 0 Å². The van der Waals surface area contributed by atoms with Crippen LogP contribution >= 0.6 is 11.6 Å². The Morgan fingerprint density at radius 3 is 1.91 bits per heavy atom. The second-order valence-corrected chi connectivity index (χ2v) is 6.89. The Hall–Kier alpha value is -0.0100. The summed E-state index contributed by atoms with van der Waals surface area (Å²) in [5.74, 6) is 0. The van der Waals surface area contributed by atoms with E-state index < -0.39 is 0 Å². The number of allylic oxidation sites excluding steroid dienone is 2. The molecule has 0 aromatic carbocycles. The lowest BCUT2D eigenvalue weighted by molar-refractivity contribution is 0.145. The van der Waals surface area contributed by atoms with Gasteiger partial charge in [-0.05, 0) is 39.0 Å². The van der Waals surface area contributed by atoms with Gasteiger partial charge in [0.15, 0.2) is 0 Å². The van der Waals surface area contributed by atoms with Crippen molar-refractivity contribution in [1.82, 2.24) is 0 Å². The third-order valence-electron chi connectivity index (χ3n) is 4.03. The van der Waals surface area contributed by atoms with Gasteiger partial charge in [-0.1, -0.05) is 70.4 Å². The summed E-state index contributed by atoms with van der Waals surface area (Å²) in [5, 5.41) is 0.206. The number of alkyl halides is 1. The van der Waals surface area contributed by atoms with Crippen LogP contribution in [0.3, 0.4) is 0 Å². The first kappa shape index (κ1) is 22.0. The average molecular weight is 331 g/mol. The van der Waals surface area contributed by atoms with Crippen molar-refractivity contribution in [1.29, 1.82) is 0 Å². The van der Waals surface area contributed by atoms with Crippen molar-refractivity contribution < 1.29 is 4.74 Å². The minimum absolute atomic E-state index is 0.206. The monoisotopic (exact) mass is 330 g/mol. The van der Waals surface area contributed by atoms with Gasteiger partial charge < -0.3 is 4.74 Å². The standard InChI is InChI=1S/C20H39ClO/c1-3-5-6-7-8-9-10-11-12-13-14-15-16-17-18-20(21)19-22-4-2/h11-12,20H,3-10,13-19H2,1-2H3/b12-11+. The Kier molecular flexibility index (Phi) is 19.0. The molecule has 0 radical (unpaired) electrons. The largest absolute Gasteiger partial charge is 0.380 e. The highest BCUT2D eigenvalue weighted by Gasteiger charge is 2.03. The fraction of sp³-hybridized carbons (Fsp3) is 0.900. The van der Waals surface area contributed by atoms with Crippen LogP contribution in [0, 0.1) is 0 Å². The summed E-state index contributed by atoms with van der Waals surface area (Å²) in [7, 11) is 0. The molecule has 0 heterocycles. The van der Waals surface area contributed by atoms with Crippen LogP contribution in [0.15, 0.2) is 12.2 Å². The summed E-state index contributed by atoms with van der Waals surface area (Å²) in [5.41, 5.74) is 0. The van der Waals surface area contributed by atoms with Crippen LogP contribution in [0.1, 0.15) is 97.3 Å². The van der Waals surface area contributed by atoms with Gasteiger partial charge in [-0.15, -0.1) is 11.6 Å². The maximum Gasteiger partial charge on any atom is 0.0629 e. The van der Waals surface area contributed by atoms with E-state index in [1.54, 1.807) is 0 Å².